The lowest BCUT2D eigenvalue weighted by molar-refractivity contribution is 0.481. The maximum atomic E-state index is 13.1. The number of pyridine rings is 1. The van der Waals surface area contributed by atoms with Gasteiger partial charge in [0.05, 0.1) is 5.52 Å². The molecule has 0 bridgehead atoms. The molecule has 1 heterocycles. The Morgan fingerprint density at radius 3 is 2.68 bits per heavy atom. The summed E-state index contributed by atoms with van der Waals surface area (Å²) in [4.78, 5) is 14.3. The third-order valence-electron chi connectivity index (χ3n) is 2.74. The van der Waals surface area contributed by atoms with E-state index in [9.17, 15) is 9.18 Å². The van der Waals surface area contributed by atoms with Crippen molar-refractivity contribution in [3.63, 3.8) is 0 Å². The second-order valence-corrected chi connectivity index (χ2v) is 4.10. The van der Waals surface area contributed by atoms with Gasteiger partial charge in [0.25, 0.3) is 5.56 Å². The van der Waals surface area contributed by atoms with Crippen LogP contribution in [0.15, 0.2) is 59.4 Å². The third-order valence-corrected chi connectivity index (χ3v) is 2.74. The first kappa shape index (κ1) is 11.5. The fourth-order valence-corrected chi connectivity index (χ4v) is 1.91. The van der Waals surface area contributed by atoms with Crippen LogP contribution in [0.3, 0.4) is 0 Å². The zero-order valence-electron chi connectivity index (χ0n) is 9.89. The second kappa shape index (κ2) is 4.57. The average Bonchev–Trinajstić information content (AvgIpc) is 2.38. The summed E-state index contributed by atoms with van der Waals surface area (Å²) in [5.74, 6) is 0.382. The van der Waals surface area contributed by atoms with Gasteiger partial charge < -0.3 is 9.72 Å². The van der Waals surface area contributed by atoms with E-state index in [0.29, 0.717) is 17.0 Å². The molecule has 1 aromatic heterocycles. The van der Waals surface area contributed by atoms with Crippen molar-refractivity contribution in [1.29, 1.82) is 0 Å². The average molecular weight is 255 g/mol. The van der Waals surface area contributed by atoms with Crippen LogP contribution in [0.2, 0.25) is 0 Å². The first-order chi connectivity index (χ1) is 9.22. The number of aromatic amines is 1. The predicted octanol–water partition coefficient (Wildman–Crippen LogP) is 3.46. The molecule has 4 heteroatoms. The molecule has 0 aliphatic heterocycles. The Hall–Kier alpha value is -2.62. The highest BCUT2D eigenvalue weighted by atomic mass is 19.1. The van der Waals surface area contributed by atoms with E-state index < -0.39 is 0 Å². The van der Waals surface area contributed by atoms with Gasteiger partial charge in [0, 0.05) is 17.5 Å². The molecule has 0 fully saturated rings. The van der Waals surface area contributed by atoms with Crippen molar-refractivity contribution in [2.24, 2.45) is 0 Å². The van der Waals surface area contributed by atoms with Gasteiger partial charge in [0.15, 0.2) is 0 Å². The molecule has 0 saturated heterocycles. The van der Waals surface area contributed by atoms with E-state index in [1.165, 1.54) is 18.2 Å². The topological polar surface area (TPSA) is 42.1 Å². The molecule has 3 rings (SSSR count). The van der Waals surface area contributed by atoms with Crippen molar-refractivity contribution in [2.75, 3.05) is 0 Å². The number of aromatic nitrogens is 1. The minimum atomic E-state index is -0.383. The molecule has 19 heavy (non-hydrogen) atoms. The van der Waals surface area contributed by atoms with Crippen molar-refractivity contribution in [3.05, 3.63) is 70.8 Å². The molecule has 94 valence electrons. The van der Waals surface area contributed by atoms with Crippen LogP contribution >= 0.6 is 0 Å². The van der Waals surface area contributed by atoms with Crippen LogP contribution in [0.4, 0.5) is 4.39 Å². The molecule has 0 radical (unpaired) electrons. The number of hydrogen-bond acceptors (Lipinski definition) is 2. The van der Waals surface area contributed by atoms with Gasteiger partial charge in [-0.05, 0) is 24.3 Å². The highest BCUT2D eigenvalue weighted by molar-refractivity contribution is 5.84. The quantitative estimate of drug-likeness (QED) is 0.762. The number of benzene rings is 2. The van der Waals surface area contributed by atoms with Crippen molar-refractivity contribution < 1.29 is 9.13 Å². The van der Waals surface area contributed by atoms with E-state index >= 15 is 0 Å². The summed E-state index contributed by atoms with van der Waals surface area (Å²) in [7, 11) is 0. The largest absolute Gasteiger partial charge is 0.456 e. The maximum absolute atomic E-state index is 13.1. The Bertz CT molecular complexity index is 795. The van der Waals surface area contributed by atoms with Gasteiger partial charge in [-0.25, -0.2) is 4.39 Å². The van der Waals surface area contributed by atoms with Crippen LogP contribution in [-0.4, -0.2) is 4.98 Å². The summed E-state index contributed by atoms with van der Waals surface area (Å²) in [5, 5.41) is 0.770. The van der Waals surface area contributed by atoms with E-state index in [0.717, 1.165) is 5.39 Å². The molecular formula is C15H10FNO2. The summed E-state index contributed by atoms with van der Waals surface area (Å²) in [5.41, 5.74) is 0.423. The van der Waals surface area contributed by atoms with Gasteiger partial charge in [-0.1, -0.05) is 18.2 Å². The van der Waals surface area contributed by atoms with Crippen LogP contribution in [0, 0.1) is 5.82 Å². The molecule has 0 atom stereocenters. The molecule has 3 aromatic rings. The van der Waals surface area contributed by atoms with Gasteiger partial charge in [-0.15, -0.1) is 0 Å². The van der Waals surface area contributed by atoms with Crippen molar-refractivity contribution in [3.8, 4) is 11.5 Å². The van der Waals surface area contributed by atoms with E-state index in [1.807, 2.05) is 18.2 Å². The van der Waals surface area contributed by atoms with Crippen molar-refractivity contribution in [2.45, 2.75) is 0 Å². The Kier molecular flexibility index (Phi) is 2.76. The lowest BCUT2D eigenvalue weighted by atomic mass is 10.2. The van der Waals surface area contributed by atoms with Gasteiger partial charge in [0.1, 0.15) is 17.3 Å². The predicted molar refractivity (Wildman–Crippen MR) is 71.0 cm³/mol. The van der Waals surface area contributed by atoms with Crippen LogP contribution in [-0.2, 0) is 0 Å². The summed E-state index contributed by atoms with van der Waals surface area (Å²) in [6, 6.07) is 14.4. The fourth-order valence-electron chi connectivity index (χ4n) is 1.91. The molecule has 0 amide bonds. The molecule has 1 N–H and O–H groups in total. The molecule has 2 aromatic carbocycles. The highest BCUT2D eigenvalue weighted by Crippen LogP contribution is 2.27. The summed E-state index contributed by atoms with van der Waals surface area (Å²) in [6.07, 6.45) is 0. The normalized spacial score (nSPS) is 10.6. The van der Waals surface area contributed by atoms with Crippen molar-refractivity contribution >= 4 is 10.9 Å². The maximum Gasteiger partial charge on any atom is 0.252 e. The van der Waals surface area contributed by atoms with E-state index in [-0.39, 0.29) is 11.4 Å². The Morgan fingerprint density at radius 2 is 1.84 bits per heavy atom. The number of nitrogens with one attached hydrogen (secondary N) is 1. The monoisotopic (exact) mass is 255 g/mol. The number of fused-ring (bicyclic) bond motifs is 1. The number of halogens is 1. The Balaban J connectivity index is 2.12. The van der Waals surface area contributed by atoms with E-state index in [1.54, 1.807) is 18.2 Å². The van der Waals surface area contributed by atoms with Gasteiger partial charge in [-0.2, -0.15) is 0 Å². The third kappa shape index (κ3) is 2.33. The summed E-state index contributed by atoms with van der Waals surface area (Å²) >= 11 is 0. The van der Waals surface area contributed by atoms with Gasteiger partial charge in [-0.3, -0.25) is 4.79 Å². The second-order valence-electron chi connectivity index (χ2n) is 4.10. The molecule has 0 spiro atoms. The molecule has 0 aliphatic rings. The number of hydrogen-bond donors (Lipinski definition) is 1. The lowest BCUT2D eigenvalue weighted by Crippen LogP contribution is -2.04. The first-order valence-electron chi connectivity index (χ1n) is 5.78. The Labute approximate surface area is 108 Å². The zero-order chi connectivity index (χ0) is 13.2. The molecular weight excluding hydrogens is 245 g/mol. The zero-order valence-corrected chi connectivity index (χ0v) is 9.89. The minimum Gasteiger partial charge on any atom is -0.456 e. The van der Waals surface area contributed by atoms with Gasteiger partial charge in [0.2, 0.25) is 0 Å². The summed E-state index contributed by atoms with van der Waals surface area (Å²) in [6.45, 7) is 0. The smallest absolute Gasteiger partial charge is 0.252 e. The number of para-hydroxylation sites is 1. The molecule has 0 saturated carbocycles. The SMILES string of the molecule is O=c1cc(Oc2cccc(F)c2)c2ccccc2[nH]1. The highest BCUT2D eigenvalue weighted by Gasteiger charge is 2.05. The van der Waals surface area contributed by atoms with Crippen LogP contribution < -0.4 is 10.3 Å². The van der Waals surface area contributed by atoms with Crippen molar-refractivity contribution in [1.82, 2.24) is 4.98 Å². The van der Waals surface area contributed by atoms with Crippen LogP contribution in [0.1, 0.15) is 0 Å². The first-order valence-corrected chi connectivity index (χ1v) is 5.78. The number of ether oxygens (including phenoxy) is 1. The van der Waals surface area contributed by atoms with E-state index in [2.05, 4.69) is 4.98 Å². The molecule has 0 unspecified atom stereocenters. The van der Waals surface area contributed by atoms with E-state index in [4.69, 9.17) is 4.74 Å². The molecule has 3 nitrogen and oxygen atoms in total. The standard InChI is InChI=1S/C15H10FNO2/c16-10-4-3-5-11(8-10)19-14-9-15(18)17-13-7-2-1-6-12(13)14/h1-9H,(H,17,18). The fraction of sp³-hybridized carbons (Fsp3) is 0. The van der Waals surface area contributed by atoms with Gasteiger partial charge >= 0.3 is 0 Å². The minimum absolute atomic E-state index is 0.259. The van der Waals surface area contributed by atoms with Crippen LogP contribution in [0.25, 0.3) is 10.9 Å². The Morgan fingerprint density at radius 1 is 1.00 bits per heavy atom. The lowest BCUT2D eigenvalue weighted by Gasteiger charge is -2.08. The molecule has 0 aliphatic carbocycles. The van der Waals surface area contributed by atoms with Crippen LogP contribution in [0.5, 0.6) is 11.5 Å². The summed E-state index contributed by atoms with van der Waals surface area (Å²) < 4.78 is 18.7. The number of H-pyrrole nitrogens is 1. The number of rotatable bonds is 2.